The molecule has 0 aromatic heterocycles. The van der Waals surface area contributed by atoms with Crippen LogP contribution in [0, 0.1) is 5.92 Å². The molecule has 0 bridgehead atoms. The number of methoxy groups -OCH3 is 2. The number of carbonyl (C=O) groups is 1. The van der Waals surface area contributed by atoms with Crippen molar-refractivity contribution in [3.63, 3.8) is 0 Å². The Hall–Kier alpha value is -1.75. The van der Waals surface area contributed by atoms with E-state index in [1.807, 2.05) is 18.2 Å². The second kappa shape index (κ2) is 8.03. The maximum Gasteiger partial charge on any atom is 0.225 e. The Morgan fingerprint density at radius 1 is 1.32 bits per heavy atom. The van der Waals surface area contributed by atoms with Gasteiger partial charge in [0.1, 0.15) is 11.5 Å². The monoisotopic (exact) mass is 306 g/mol. The van der Waals surface area contributed by atoms with Crippen molar-refractivity contribution in [2.75, 3.05) is 33.9 Å². The van der Waals surface area contributed by atoms with E-state index in [-0.39, 0.29) is 17.7 Å². The summed E-state index contributed by atoms with van der Waals surface area (Å²) >= 11 is 0. The zero-order chi connectivity index (χ0) is 15.9. The molecule has 122 valence electrons. The molecule has 1 aliphatic rings. The molecule has 1 fully saturated rings. The fourth-order valence-electron chi connectivity index (χ4n) is 2.93. The number of benzene rings is 1. The van der Waals surface area contributed by atoms with Gasteiger partial charge in [-0.3, -0.25) is 4.79 Å². The molecular weight excluding hydrogens is 280 g/mol. The van der Waals surface area contributed by atoms with Gasteiger partial charge in [0, 0.05) is 31.1 Å². The molecule has 1 aromatic carbocycles. The van der Waals surface area contributed by atoms with Crippen molar-refractivity contribution >= 4 is 5.91 Å². The minimum atomic E-state index is -0.0714. The van der Waals surface area contributed by atoms with Gasteiger partial charge in [0.25, 0.3) is 0 Å². The van der Waals surface area contributed by atoms with Crippen LogP contribution < -0.4 is 20.1 Å². The van der Waals surface area contributed by atoms with Gasteiger partial charge in [-0.05, 0) is 24.6 Å². The SMILES string of the molecule is CCCCNC(=O)C1CNCC1c1cc(OC)ccc1OC. The van der Waals surface area contributed by atoms with Crippen molar-refractivity contribution in [1.29, 1.82) is 0 Å². The molecule has 2 atom stereocenters. The molecule has 0 saturated carbocycles. The molecule has 1 heterocycles. The first-order valence-corrected chi connectivity index (χ1v) is 7.91. The van der Waals surface area contributed by atoms with E-state index in [0.29, 0.717) is 6.54 Å². The Kier molecular flexibility index (Phi) is 6.07. The van der Waals surface area contributed by atoms with Crippen LogP contribution in [0.15, 0.2) is 18.2 Å². The van der Waals surface area contributed by atoms with E-state index in [1.165, 1.54) is 0 Å². The van der Waals surface area contributed by atoms with E-state index in [2.05, 4.69) is 17.6 Å². The van der Waals surface area contributed by atoms with E-state index in [9.17, 15) is 4.79 Å². The van der Waals surface area contributed by atoms with Gasteiger partial charge in [0.15, 0.2) is 0 Å². The zero-order valence-electron chi connectivity index (χ0n) is 13.6. The molecule has 2 N–H and O–H groups in total. The Bertz CT molecular complexity index is 505. The fraction of sp³-hybridized carbons (Fsp3) is 0.588. The van der Waals surface area contributed by atoms with Crippen molar-refractivity contribution in [2.45, 2.75) is 25.7 Å². The lowest BCUT2D eigenvalue weighted by atomic mass is 9.87. The highest BCUT2D eigenvalue weighted by Gasteiger charge is 2.35. The highest BCUT2D eigenvalue weighted by molar-refractivity contribution is 5.80. The lowest BCUT2D eigenvalue weighted by Gasteiger charge is -2.21. The number of ether oxygens (including phenoxy) is 2. The van der Waals surface area contributed by atoms with Crippen LogP contribution >= 0.6 is 0 Å². The fourth-order valence-corrected chi connectivity index (χ4v) is 2.93. The topological polar surface area (TPSA) is 59.6 Å². The smallest absolute Gasteiger partial charge is 0.225 e. The van der Waals surface area contributed by atoms with Gasteiger partial charge in [-0.2, -0.15) is 0 Å². The average molecular weight is 306 g/mol. The molecule has 5 nitrogen and oxygen atoms in total. The van der Waals surface area contributed by atoms with Crippen LogP contribution in [-0.4, -0.2) is 39.8 Å². The summed E-state index contributed by atoms with van der Waals surface area (Å²) in [4.78, 5) is 12.4. The molecule has 22 heavy (non-hydrogen) atoms. The summed E-state index contributed by atoms with van der Waals surface area (Å²) in [6.07, 6.45) is 2.09. The molecule has 1 aliphatic heterocycles. The third-order valence-electron chi connectivity index (χ3n) is 4.22. The summed E-state index contributed by atoms with van der Waals surface area (Å²) in [5, 5.41) is 6.36. The standard InChI is InChI=1S/C17H26N2O3/c1-4-5-8-19-17(20)15-11-18-10-14(15)13-9-12(21-2)6-7-16(13)22-3/h6-7,9,14-15,18H,4-5,8,10-11H2,1-3H3,(H,19,20). The second-order valence-electron chi connectivity index (χ2n) is 5.62. The van der Waals surface area contributed by atoms with Gasteiger partial charge in [0.2, 0.25) is 5.91 Å². The van der Waals surface area contributed by atoms with E-state index in [4.69, 9.17) is 9.47 Å². The molecule has 0 aliphatic carbocycles. The minimum Gasteiger partial charge on any atom is -0.497 e. The van der Waals surface area contributed by atoms with Crippen LogP contribution in [0.1, 0.15) is 31.2 Å². The molecule has 0 radical (unpaired) electrons. The third kappa shape index (κ3) is 3.71. The van der Waals surface area contributed by atoms with E-state index in [1.54, 1.807) is 14.2 Å². The van der Waals surface area contributed by atoms with Crippen molar-refractivity contribution in [3.05, 3.63) is 23.8 Å². The molecule has 1 saturated heterocycles. The number of hydrogen-bond donors (Lipinski definition) is 2. The molecule has 1 aromatic rings. The molecule has 2 unspecified atom stereocenters. The Balaban J connectivity index is 2.17. The van der Waals surface area contributed by atoms with Gasteiger partial charge in [-0.15, -0.1) is 0 Å². The number of carbonyl (C=O) groups excluding carboxylic acids is 1. The average Bonchev–Trinajstić information content (AvgIpc) is 3.03. The summed E-state index contributed by atoms with van der Waals surface area (Å²) in [6.45, 7) is 4.33. The number of amides is 1. The highest BCUT2D eigenvalue weighted by atomic mass is 16.5. The first kappa shape index (κ1) is 16.6. The number of unbranched alkanes of at least 4 members (excludes halogenated alkanes) is 1. The lowest BCUT2D eigenvalue weighted by Crippen LogP contribution is -2.35. The summed E-state index contributed by atoms with van der Waals surface area (Å²) in [5.74, 6) is 1.74. The zero-order valence-corrected chi connectivity index (χ0v) is 13.6. The Labute approximate surface area is 132 Å². The van der Waals surface area contributed by atoms with Gasteiger partial charge in [0.05, 0.1) is 20.1 Å². The van der Waals surface area contributed by atoms with Crippen molar-refractivity contribution in [1.82, 2.24) is 10.6 Å². The highest BCUT2D eigenvalue weighted by Crippen LogP contribution is 2.36. The maximum atomic E-state index is 12.4. The quantitative estimate of drug-likeness (QED) is 0.756. The predicted molar refractivity (Wildman–Crippen MR) is 86.6 cm³/mol. The van der Waals surface area contributed by atoms with Gasteiger partial charge in [-0.1, -0.05) is 13.3 Å². The first-order valence-electron chi connectivity index (χ1n) is 7.91. The third-order valence-corrected chi connectivity index (χ3v) is 4.22. The molecular formula is C17H26N2O3. The van der Waals surface area contributed by atoms with Crippen LogP contribution in [0.3, 0.4) is 0 Å². The summed E-state index contributed by atoms with van der Waals surface area (Å²) in [5.41, 5.74) is 1.03. The Morgan fingerprint density at radius 3 is 2.82 bits per heavy atom. The van der Waals surface area contributed by atoms with Crippen molar-refractivity contribution < 1.29 is 14.3 Å². The van der Waals surface area contributed by atoms with Gasteiger partial charge < -0.3 is 20.1 Å². The van der Waals surface area contributed by atoms with Crippen LogP contribution in [0.25, 0.3) is 0 Å². The minimum absolute atomic E-state index is 0.0714. The van der Waals surface area contributed by atoms with E-state index in [0.717, 1.165) is 43.0 Å². The van der Waals surface area contributed by atoms with Crippen LogP contribution in [0.5, 0.6) is 11.5 Å². The number of nitrogens with one attached hydrogen (secondary N) is 2. The maximum absolute atomic E-state index is 12.4. The van der Waals surface area contributed by atoms with Crippen LogP contribution in [0.2, 0.25) is 0 Å². The van der Waals surface area contributed by atoms with Gasteiger partial charge >= 0.3 is 0 Å². The van der Waals surface area contributed by atoms with Crippen molar-refractivity contribution in [2.24, 2.45) is 5.92 Å². The number of rotatable bonds is 7. The molecule has 2 rings (SSSR count). The summed E-state index contributed by atoms with van der Waals surface area (Å²) < 4.78 is 10.8. The van der Waals surface area contributed by atoms with E-state index >= 15 is 0 Å². The normalized spacial score (nSPS) is 20.7. The van der Waals surface area contributed by atoms with Crippen LogP contribution in [0.4, 0.5) is 0 Å². The first-order chi connectivity index (χ1) is 10.7. The largest absolute Gasteiger partial charge is 0.497 e. The van der Waals surface area contributed by atoms with E-state index < -0.39 is 0 Å². The molecule has 5 heteroatoms. The summed E-state index contributed by atoms with van der Waals surface area (Å²) in [6, 6.07) is 5.75. The summed E-state index contributed by atoms with van der Waals surface area (Å²) in [7, 11) is 3.30. The van der Waals surface area contributed by atoms with Gasteiger partial charge in [-0.25, -0.2) is 0 Å². The molecule has 1 amide bonds. The van der Waals surface area contributed by atoms with Crippen molar-refractivity contribution in [3.8, 4) is 11.5 Å². The molecule has 0 spiro atoms. The second-order valence-corrected chi connectivity index (χ2v) is 5.62. The Morgan fingerprint density at radius 2 is 2.14 bits per heavy atom. The number of hydrogen-bond acceptors (Lipinski definition) is 4. The van der Waals surface area contributed by atoms with Crippen LogP contribution in [-0.2, 0) is 4.79 Å². The predicted octanol–water partition coefficient (Wildman–Crippen LogP) is 1.92. The lowest BCUT2D eigenvalue weighted by molar-refractivity contribution is -0.124.